The molecule has 0 spiro atoms. The molecule has 9 nitrogen and oxygen atoms in total. The summed E-state index contributed by atoms with van der Waals surface area (Å²) in [5.41, 5.74) is 10.5. The quantitative estimate of drug-likeness (QED) is 0.373. The van der Waals surface area contributed by atoms with Gasteiger partial charge in [0.1, 0.15) is 18.1 Å². The zero-order chi connectivity index (χ0) is 20.9. The first kappa shape index (κ1) is 26.5. The Morgan fingerprint density at radius 1 is 0.962 bits per heavy atom. The lowest BCUT2D eigenvalue weighted by Gasteiger charge is -2.11. The van der Waals surface area contributed by atoms with Gasteiger partial charge in [0.2, 0.25) is 0 Å². The highest BCUT2D eigenvalue weighted by Gasteiger charge is 2.20. The van der Waals surface area contributed by atoms with E-state index in [-0.39, 0.29) is 17.9 Å². The zero-order valence-corrected chi connectivity index (χ0v) is 16.1. The molecule has 5 atom stereocenters. The molecular formula is C17H35N3O6. The monoisotopic (exact) mass is 377 g/mol. The van der Waals surface area contributed by atoms with Gasteiger partial charge in [-0.15, -0.1) is 0 Å². The van der Waals surface area contributed by atoms with Gasteiger partial charge in [-0.25, -0.2) is 0 Å². The molecular weight excluding hydrogens is 342 g/mol. The van der Waals surface area contributed by atoms with Gasteiger partial charge in [-0.05, 0) is 31.2 Å². The van der Waals surface area contributed by atoms with Gasteiger partial charge in [0, 0.05) is 0 Å². The average Bonchev–Trinajstić information content (AvgIpc) is 3.14. The van der Waals surface area contributed by atoms with Gasteiger partial charge in [0.05, 0.1) is 0 Å². The van der Waals surface area contributed by atoms with Crippen molar-refractivity contribution in [1.82, 2.24) is 5.32 Å². The van der Waals surface area contributed by atoms with Crippen molar-refractivity contribution in [2.24, 2.45) is 23.3 Å². The number of hydrogen-bond donors (Lipinski definition) is 6. The highest BCUT2D eigenvalue weighted by molar-refractivity contribution is 5.74. The third-order valence-corrected chi connectivity index (χ3v) is 4.44. The van der Waals surface area contributed by atoms with E-state index in [1.54, 1.807) is 0 Å². The lowest BCUT2D eigenvalue weighted by molar-refractivity contribution is -0.140. The molecule has 1 saturated heterocycles. The third kappa shape index (κ3) is 11.8. The van der Waals surface area contributed by atoms with Crippen molar-refractivity contribution in [2.45, 2.75) is 71.5 Å². The number of carboxylic acids is 3. The number of carboxylic acid groups (broad SMARTS) is 3. The second-order valence-corrected chi connectivity index (χ2v) is 6.49. The highest BCUT2D eigenvalue weighted by atomic mass is 16.4. The molecule has 0 saturated carbocycles. The Hall–Kier alpha value is -1.71. The topological polar surface area (TPSA) is 176 Å². The normalized spacial score (nSPS) is 20.3. The van der Waals surface area contributed by atoms with Crippen LogP contribution in [0.15, 0.2) is 0 Å². The van der Waals surface area contributed by atoms with Crippen LogP contribution in [0.5, 0.6) is 0 Å². The summed E-state index contributed by atoms with van der Waals surface area (Å²) in [7, 11) is 0. The third-order valence-electron chi connectivity index (χ3n) is 4.44. The van der Waals surface area contributed by atoms with E-state index in [2.05, 4.69) is 5.32 Å². The summed E-state index contributed by atoms with van der Waals surface area (Å²) in [5, 5.41) is 27.9. The lowest BCUT2D eigenvalue weighted by atomic mass is 10.0. The summed E-state index contributed by atoms with van der Waals surface area (Å²) >= 11 is 0. The first-order valence-corrected chi connectivity index (χ1v) is 8.92. The maximum absolute atomic E-state index is 10.2. The predicted octanol–water partition coefficient (Wildman–Crippen LogP) is 0.712. The maximum Gasteiger partial charge on any atom is 0.320 e. The lowest BCUT2D eigenvalue weighted by Crippen LogP contribution is -2.36. The molecule has 1 fully saturated rings. The SMILES string of the molecule is CC[C@H](C)[C@H](N)C(=O)O.CC[C@H](C)[C@H](N)C(=O)O.O=C(O)[C@@H]1CCCN1. The molecule has 0 aromatic rings. The summed E-state index contributed by atoms with van der Waals surface area (Å²) in [5.74, 6) is -2.40. The summed E-state index contributed by atoms with van der Waals surface area (Å²) in [6.07, 6.45) is 3.41. The summed E-state index contributed by atoms with van der Waals surface area (Å²) in [4.78, 5) is 30.5. The van der Waals surface area contributed by atoms with Crippen LogP contribution in [0.3, 0.4) is 0 Å². The van der Waals surface area contributed by atoms with Gasteiger partial charge < -0.3 is 32.1 Å². The minimum absolute atomic E-state index is 0.0718. The molecule has 9 heteroatoms. The second kappa shape index (κ2) is 14.5. The van der Waals surface area contributed by atoms with E-state index in [4.69, 9.17) is 26.8 Å². The fourth-order valence-corrected chi connectivity index (χ4v) is 1.89. The molecule has 0 bridgehead atoms. The van der Waals surface area contributed by atoms with Crippen molar-refractivity contribution in [3.8, 4) is 0 Å². The molecule has 0 aromatic carbocycles. The molecule has 1 rings (SSSR count). The summed E-state index contributed by atoms with van der Waals surface area (Å²) in [6, 6.07) is -1.67. The first-order chi connectivity index (χ1) is 12.0. The highest BCUT2D eigenvalue weighted by Crippen LogP contribution is 2.05. The minimum atomic E-state index is -0.913. The predicted molar refractivity (Wildman–Crippen MR) is 98.8 cm³/mol. The molecule has 26 heavy (non-hydrogen) atoms. The van der Waals surface area contributed by atoms with Crippen LogP contribution < -0.4 is 16.8 Å². The Morgan fingerprint density at radius 2 is 1.35 bits per heavy atom. The van der Waals surface area contributed by atoms with Crippen molar-refractivity contribution >= 4 is 17.9 Å². The summed E-state index contributed by atoms with van der Waals surface area (Å²) < 4.78 is 0. The number of carbonyl (C=O) groups is 3. The average molecular weight is 377 g/mol. The minimum Gasteiger partial charge on any atom is -0.480 e. The van der Waals surface area contributed by atoms with Crippen molar-refractivity contribution in [2.75, 3.05) is 6.54 Å². The van der Waals surface area contributed by atoms with Gasteiger partial charge in [0.15, 0.2) is 0 Å². The van der Waals surface area contributed by atoms with Crippen LogP contribution in [0.2, 0.25) is 0 Å². The Kier molecular flexibility index (Phi) is 14.7. The van der Waals surface area contributed by atoms with Crippen LogP contribution in [0.25, 0.3) is 0 Å². The van der Waals surface area contributed by atoms with Crippen molar-refractivity contribution in [3.63, 3.8) is 0 Å². The van der Waals surface area contributed by atoms with Gasteiger partial charge in [-0.2, -0.15) is 0 Å². The van der Waals surface area contributed by atoms with Gasteiger partial charge in [-0.3, -0.25) is 14.4 Å². The fourth-order valence-electron chi connectivity index (χ4n) is 1.89. The Bertz CT molecular complexity index is 401. The van der Waals surface area contributed by atoms with Crippen LogP contribution in [0.1, 0.15) is 53.4 Å². The number of nitrogens with two attached hydrogens (primary N) is 2. The summed E-state index contributed by atoms with van der Waals surface area (Å²) in [6.45, 7) is 8.37. The number of hydrogen-bond acceptors (Lipinski definition) is 6. The molecule has 1 aliphatic heterocycles. The van der Waals surface area contributed by atoms with Crippen LogP contribution in [-0.4, -0.2) is 57.9 Å². The fraction of sp³-hybridized carbons (Fsp3) is 0.824. The molecule has 0 amide bonds. The molecule has 0 radical (unpaired) electrons. The molecule has 1 aliphatic rings. The van der Waals surface area contributed by atoms with Crippen molar-refractivity contribution < 1.29 is 29.7 Å². The first-order valence-electron chi connectivity index (χ1n) is 8.92. The van der Waals surface area contributed by atoms with E-state index in [0.717, 1.165) is 32.2 Å². The van der Waals surface area contributed by atoms with E-state index in [0.29, 0.717) is 0 Å². The number of rotatable bonds is 7. The Labute approximate surface area is 155 Å². The van der Waals surface area contributed by atoms with Gasteiger partial charge >= 0.3 is 17.9 Å². The molecule has 154 valence electrons. The molecule has 8 N–H and O–H groups in total. The maximum atomic E-state index is 10.2. The second-order valence-electron chi connectivity index (χ2n) is 6.49. The Morgan fingerprint density at radius 3 is 1.46 bits per heavy atom. The van der Waals surface area contributed by atoms with Crippen molar-refractivity contribution in [3.05, 3.63) is 0 Å². The zero-order valence-electron chi connectivity index (χ0n) is 16.1. The van der Waals surface area contributed by atoms with E-state index >= 15 is 0 Å². The van der Waals surface area contributed by atoms with Crippen LogP contribution in [0.4, 0.5) is 0 Å². The van der Waals surface area contributed by atoms with Crippen molar-refractivity contribution in [1.29, 1.82) is 0 Å². The van der Waals surface area contributed by atoms with Crippen LogP contribution in [0, 0.1) is 11.8 Å². The molecule has 0 aliphatic carbocycles. The largest absolute Gasteiger partial charge is 0.480 e. The van der Waals surface area contributed by atoms with Crippen LogP contribution in [-0.2, 0) is 14.4 Å². The van der Waals surface area contributed by atoms with E-state index in [1.807, 2.05) is 27.7 Å². The molecule has 0 unspecified atom stereocenters. The number of nitrogens with one attached hydrogen (secondary N) is 1. The van der Waals surface area contributed by atoms with Gasteiger partial charge in [-0.1, -0.05) is 40.5 Å². The Balaban J connectivity index is 0. The molecule has 0 aromatic heterocycles. The van der Waals surface area contributed by atoms with E-state index < -0.39 is 30.0 Å². The van der Waals surface area contributed by atoms with E-state index in [1.165, 1.54) is 0 Å². The van der Waals surface area contributed by atoms with Gasteiger partial charge in [0.25, 0.3) is 0 Å². The van der Waals surface area contributed by atoms with E-state index in [9.17, 15) is 14.4 Å². The van der Waals surface area contributed by atoms with Crippen LogP contribution >= 0.6 is 0 Å². The number of aliphatic carboxylic acids is 3. The molecule has 1 heterocycles. The standard InChI is InChI=1S/2C6H13NO2.C5H9NO2/c2*1-3-4(2)5(7)6(8)9;7-5(8)4-2-1-3-6-4/h2*4-5H,3,7H2,1-2H3,(H,8,9);4,6H,1-3H2,(H,7,8)/t2*4-,5-;4-/m000/s1. The smallest absolute Gasteiger partial charge is 0.320 e.